The van der Waals surface area contributed by atoms with E-state index in [-0.39, 0.29) is 6.04 Å². The quantitative estimate of drug-likeness (QED) is 0.706. The summed E-state index contributed by atoms with van der Waals surface area (Å²) in [6.45, 7) is 4.72. The predicted molar refractivity (Wildman–Crippen MR) is 115 cm³/mol. The topological polar surface area (TPSA) is 36.5 Å². The van der Waals surface area contributed by atoms with Crippen molar-refractivity contribution in [1.82, 2.24) is 10.2 Å². The Labute approximate surface area is 166 Å². The number of benzene rings is 2. The molecule has 2 aromatic rings. The van der Waals surface area contributed by atoms with E-state index in [1.165, 1.54) is 5.56 Å². The van der Waals surface area contributed by atoms with Crippen LogP contribution in [0.25, 0.3) is 0 Å². The molecule has 2 N–H and O–H groups in total. The van der Waals surface area contributed by atoms with Gasteiger partial charge in [0.1, 0.15) is 5.75 Å². The van der Waals surface area contributed by atoms with Gasteiger partial charge in [-0.15, -0.1) is 0 Å². The monoisotopic (exact) mass is 391 g/mol. The zero-order chi connectivity index (χ0) is 19.3. The van der Waals surface area contributed by atoms with Crippen LogP contribution in [0.3, 0.4) is 0 Å². The lowest BCUT2D eigenvalue weighted by molar-refractivity contribution is 0.299. The number of thiocarbonyl (C=S) groups is 1. The van der Waals surface area contributed by atoms with Gasteiger partial charge in [-0.3, -0.25) is 0 Å². The van der Waals surface area contributed by atoms with Gasteiger partial charge in [0, 0.05) is 6.54 Å². The summed E-state index contributed by atoms with van der Waals surface area (Å²) in [4.78, 5) is 2.15. The SMILES string of the molecule is COc1ccc([C@H](CNC(=S)Nc2c(C)cc(C)cc2Cl)N(C)C)cc1. The highest BCUT2D eigenvalue weighted by Gasteiger charge is 2.15. The van der Waals surface area contributed by atoms with Gasteiger partial charge in [0.05, 0.1) is 23.9 Å². The van der Waals surface area contributed by atoms with Crippen LogP contribution in [0.5, 0.6) is 5.75 Å². The standard InChI is InChI=1S/C20H26ClN3OS/c1-13-10-14(2)19(17(21)11-13)23-20(26)22-12-18(24(3)4)15-6-8-16(25-5)9-7-15/h6-11,18H,12H2,1-5H3,(H2,22,23,26)/t18-/m0/s1. The minimum Gasteiger partial charge on any atom is -0.497 e. The summed E-state index contributed by atoms with van der Waals surface area (Å²) in [5, 5.41) is 7.74. The molecule has 0 fully saturated rings. The summed E-state index contributed by atoms with van der Waals surface area (Å²) in [5.41, 5.74) is 4.24. The zero-order valence-corrected chi connectivity index (χ0v) is 17.5. The van der Waals surface area contributed by atoms with E-state index in [4.69, 9.17) is 28.6 Å². The largest absolute Gasteiger partial charge is 0.497 e. The van der Waals surface area contributed by atoms with E-state index >= 15 is 0 Å². The van der Waals surface area contributed by atoms with Gasteiger partial charge >= 0.3 is 0 Å². The lowest BCUT2D eigenvalue weighted by Gasteiger charge is -2.26. The highest BCUT2D eigenvalue weighted by atomic mass is 35.5. The van der Waals surface area contributed by atoms with E-state index in [1.54, 1.807) is 7.11 Å². The zero-order valence-electron chi connectivity index (χ0n) is 15.9. The molecule has 0 spiro atoms. The first-order chi connectivity index (χ1) is 12.3. The molecule has 0 aliphatic carbocycles. The number of ether oxygens (including phenoxy) is 1. The molecule has 6 heteroatoms. The van der Waals surface area contributed by atoms with Crippen molar-refractivity contribution >= 4 is 34.6 Å². The molecule has 0 amide bonds. The van der Waals surface area contributed by atoms with Gasteiger partial charge in [0.15, 0.2) is 5.11 Å². The van der Waals surface area contributed by atoms with Crippen molar-refractivity contribution in [3.63, 3.8) is 0 Å². The van der Waals surface area contributed by atoms with Gasteiger partial charge < -0.3 is 20.3 Å². The molecule has 0 bridgehead atoms. The average Bonchev–Trinajstić information content (AvgIpc) is 2.58. The Morgan fingerprint density at radius 3 is 2.38 bits per heavy atom. The average molecular weight is 392 g/mol. The molecule has 2 aromatic carbocycles. The Morgan fingerprint density at radius 1 is 1.19 bits per heavy atom. The van der Waals surface area contributed by atoms with E-state index in [2.05, 4.69) is 33.7 Å². The highest BCUT2D eigenvalue weighted by molar-refractivity contribution is 7.80. The normalized spacial score (nSPS) is 12.0. The van der Waals surface area contributed by atoms with E-state index in [1.807, 2.05) is 46.1 Å². The van der Waals surface area contributed by atoms with Crippen LogP contribution in [0, 0.1) is 13.8 Å². The first-order valence-corrected chi connectivity index (χ1v) is 9.22. The van der Waals surface area contributed by atoms with E-state index < -0.39 is 0 Å². The summed E-state index contributed by atoms with van der Waals surface area (Å²) in [6, 6.07) is 12.3. The summed E-state index contributed by atoms with van der Waals surface area (Å²) in [6.07, 6.45) is 0. The molecule has 0 unspecified atom stereocenters. The fraction of sp³-hybridized carbons (Fsp3) is 0.350. The number of halogens is 1. The summed E-state index contributed by atoms with van der Waals surface area (Å²) in [7, 11) is 5.77. The van der Waals surface area contributed by atoms with E-state index in [0.29, 0.717) is 16.7 Å². The molecule has 0 aromatic heterocycles. The maximum atomic E-state index is 6.35. The summed E-state index contributed by atoms with van der Waals surface area (Å²) < 4.78 is 5.23. The second-order valence-electron chi connectivity index (χ2n) is 6.53. The number of anilines is 1. The van der Waals surface area contributed by atoms with Crippen LogP contribution in [0.2, 0.25) is 5.02 Å². The molecule has 1 atom stereocenters. The Morgan fingerprint density at radius 2 is 1.85 bits per heavy atom. The Bertz CT molecular complexity index is 739. The molecule has 0 aliphatic rings. The van der Waals surface area contributed by atoms with Gasteiger partial charge in [0.25, 0.3) is 0 Å². The van der Waals surface area contributed by atoms with E-state index in [9.17, 15) is 0 Å². The van der Waals surface area contributed by atoms with E-state index in [0.717, 1.165) is 22.6 Å². The molecule has 0 aliphatic heterocycles. The number of hydrogen-bond donors (Lipinski definition) is 2. The maximum Gasteiger partial charge on any atom is 0.170 e. The van der Waals surface area contributed by atoms with Gasteiger partial charge in [-0.1, -0.05) is 29.8 Å². The van der Waals surface area contributed by atoms with Crippen LogP contribution >= 0.6 is 23.8 Å². The summed E-state index contributed by atoms with van der Waals surface area (Å²) in [5.74, 6) is 0.848. The molecule has 2 rings (SSSR count). The molecular formula is C20H26ClN3OS. The van der Waals surface area contributed by atoms with Crippen molar-refractivity contribution < 1.29 is 4.74 Å². The van der Waals surface area contributed by atoms with Crippen LogP contribution in [0.15, 0.2) is 36.4 Å². The van der Waals surface area contributed by atoms with Gasteiger partial charge in [-0.25, -0.2) is 0 Å². The van der Waals surface area contributed by atoms with Crippen molar-refractivity contribution in [3.05, 3.63) is 58.1 Å². The molecule has 0 saturated carbocycles. The number of methoxy groups -OCH3 is 1. The minimum atomic E-state index is 0.176. The molecule has 0 saturated heterocycles. The molecule has 4 nitrogen and oxygen atoms in total. The second kappa shape index (κ2) is 9.21. The van der Waals surface area contributed by atoms with Crippen LogP contribution in [0.1, 0.15) is 22.7 Å². The number of aryl methyl sites for hydroxylation is 2. The van der Waals surface area contributed by atoms with Crippen molar-refractivity contribution in [1.29, 1.82) is 0 Å². The second-order valence-corrected chi connectivity index (χ2v) is 7.34. The number of nitrogens with one attached hydrogen (secondary N) is 2. The minimum absolute atomic E-state index is 0.176. The third kappa shape index (κ3) is 5.34. The smallest absolute Gasteiger partial charge is 0.170 e. The molecular weight excluding hydrogens is 366 g/mol. The first kappa shape index (κ1) is 20.5. The van der Waals surface area contributed by atoms with Gasteiger partial charge in [0.2, 0.25) is 0 Å². The molecule has 0 radical (unpaired) electrons. The Kier molecular flexibility index (Phi) is 7.26. The Balaban J connectivity index is 2.03. The van der Waals surface area contributed by atoms with Gasteiger partial charge in [-0.05, 0) is 75.1 Å². The van der Waals surface area contributed by atoms with Crippen molar-refractivity contribution in [2.24, 2.45) is 0 Å². The van der Waals surface area contributed by atoms with Crippen LogP contribution < -0.4 is 15.4 Å². The predicted octanol–water partition coefficient (Wildman–Crippen LogP) is 4.55. The number of likely N-dealkylation sites (N-methyl/N-ethyl adjacent to an activating group) is 1. The molecule has 26 heavy (non-hydrogen) atoms. The fourth-order valence-electron chi connectivity index (χ4n) is 2.85. The molecule has 0 heterocycles. The van der Waals surface area contributed by atoms with Crippen LogP contribution in [-0.2, 0) is 0 Å². The first-order valence-electron chi connectivity index (χ1n) is 8.43. The third-order valence-corrected chi connectivity index (χ3v) is 4.79. The number of nitrogens with zero attached hydrogens (tertiary/aromatic N) is 1. The van der Waals surface area contributed by atoms with Crippen molar-refractivity contribution in [3.8, 4) is 5.75 Å². The van der Waals surface area contributed by atoms with Gasteiger partial charge in [-0.2, -0.15) is 0 Å². The maximum absolute atomic E-state index is 6.35. The van der Waals surface area contributed by atoms with Crippen LogP contribution in [0.4, 0.5) is 5.69 Å². The van der Waals surface area contributed by atoms with Crippen molar-refractivity contribution in [2.75, 3.05) is 33.1 Å². The summed E-state index contributed by atoms with van der Waals surface area (Å²) >= 11 is 11.8. The lowest BCUT2D eigenvalue weighted by atomic mass is 10.1. The Hall–Kier alpha value is -1.82. The fourth-order valence-corrected chi connectivity index (χ4v) is 3.40. The third-order valence-electron chi connectivity index (χ3n) is 4.25. The number of hydrogen-bond acceptors (Lipinski definition) is 3. The number of rotatable bonds is 6. The van der Waals surface area contributed by atoms with Crippen molar-refractivity contribution in [2.45, 2.75) is 19.9 Å². The highest BCUT2D eigenvalue weighted by Crippen LogP contribution is 2.27. The van der Waals surface area contributed by atoms with Crippen LogP contribution in [-0.4, -0.2) is 37.8 Å². The molecule has 140 valence electrons. The lowest BCUT2D eigenvalue weighted by Crippen LogP contribution is -2.36.